The van der Waals surface area contributed by atoms with Crippen LogP contribution in [0.25, 0.3) is 0 Å². The summed E-state index contributed by atoms with van der Waals surface area (Å²) in [4.78, 5) is 22.7. The fourth-order valence-corrected chi connectivity index (χ4v) is 1.97. The van der Waals surface area contributed by atoms with Crippen LogP contribution in [0.3, 0.4) is 0 Å². The molecule has 0 spiro atoms. The van der Waals surface area contributed by atoms with Gasteiger partial charge in [0.15, 0.2) is 11.4 Å². The molecule has 1 N–H and O–H groups in total. The van der Waals surface area contributed by atoms with Gasteiger partial charge in [-0.1, -0.05) is 24.3 Å². The van der Waals surface area contributed by atoms with Crippen LogP contribution < -0.4 is 0 Å². The zero-order chi connectivity index (χ0) is 15.6. The van der Waals surface area contributed by atoms with Crippen LogP contribution in [0.5, 0.6) is 0 Å². The van der Waals surface area contributed by atoms with Crippen molar-refractivity contribution in [1.29, 1.82) is 0 Å². The average molecular weight is 278 g/mol. The van der Waals surface area contributed by atoms with Gasteiger partial charge in [-0.2, -0.15) is 0 Å². The number of rotatable bonds is 4. The van der Waals surface area contributed by atoms with E-state index in [4.69, 9.17) is 4.74 Å². The Balaban J connectivity index is 2.77. The molecular weight excluding hydrogens is 256 g/mol. The molecule has 0 aromatic carbocycles. The topological polar surface area (TPSA) is 63.6 Å². The quantitative estimate of drug-likeness (QED) is 0.487. The zero-order valence-corrected chi connectivity index (χ0v) is 12.6. The summed E-state index contributed by atoms with van der Waals surface area (Å²) >= 11 is 0. The van der Waals surface area contributed by atoms with Crippen LogP contribution in [-0.2, 0) is 14.3 Å². The van der Waals surface area contributed by atoms with Crippen molar-refractivity contribution in [3.05, 3.63) is 36.0 Å². The van der Waals surface area contributed by atoms with Gasteiger partial charge in [-0.15, -0.1) is 0 Å². The summed E-state index contributed by atoms with van der Waals surface area (Å²) < 4.78 is 5.26. The van der Waals surface area contributed by atoms with Crippen molar-refractivity contribution in [1.82, 2.24) is 0 Å². The molecule has 1 aliphatic rings. The third kappa shape index (κ3) is 3.25. The number of ketones is 1. The van der Waals surface area contributed by atoms with Crippen LogP contribution >= 0.6 is 0 Å². The molecular formula is C16H22O4. The molecule has 0 aromatic rings. The second kappa shape index (κ2) is 5.75. The fraction of sp³-hybridized carbons (Fsp3) is 0.500. The number of esters is 1. The maximum Gasteiger partial charge on any atom is 0.315 e. The molecule has 0 amide bonds. The average Bonchev–Trinajstić information content (AvgIpc) is 2.50. The monoisotopic (exact) mass is 278 g/mol. The van der Waals surface area contributed by atoms with E-state index < -0.39 is 23.1 Å². The summed E-state index contributed by atoms with van der Waals surface area (Å²) in [7, 11) is 0. The first-order valence-electron chi connectivity index (χ1n) is 6.56. The largest absolute Gasteiger partial charge is 0.452 e. The van der Waals surface area contributed by atoms with Crippen molar-refractivity contribution < 1.29 is 19.4 Å². The maximum absolute atomic E-state index is 11.7. The number of aliphatic hydroxyl groups excluding tert-OH is 1. The first-order chi connectivity index (χ1) is 9.11. The highest BCUT2D eigenvalue weighted by atomic mass is 16.6. The molecule has 1 heterocycles. The van der Waals surface area contributed by atoms with E-state index >= 15 is 0 Å². The van der Waals surface area contributed by atoms with Gasteiger partial charge < -0.3 is 9.84 Å². The lowest BCUT2D eigenvalue weighted by Crippen LogP contribution is -2.40. The number of Topliss-reactive ketones (excluding diaryl/α,β-unsaturated/α-hetero) is 1. The van der Waals surface area contributed by atoms with Crippen LogP contribution in [0.4, 0.5) is 0 Å². The summed E-state index contributed by atoms with van der Waals surface area (Å²) in [6.45, 7) is 8.24. The van der Waals surface area contributed by atoms with E-state index in [9.17, 15) is 14.7 Å². The fourth-order valence-electron chi connectivity index (χ4n) is 1.97. The summed E-state index contributed by atoms with van der Waals surface area (Å²) in [5.41, 5.74) is -1.27. The maximum atomic E-state index is 11.7. The highest BCUT2D eigenvalue weighted by molar-refractivity contribution is 5.92. The number of hydrogen-bond acceptors (Lipinski definition) is 4. The first kappa shape index (κ1) is 16.4. The predicted molar refractivity (Wildman–Crippen MR) is 77.0 cm³/mol. The molecule has 2 atom stereocenters. The van der Waals surface area contributed by atoms with E-state index in [0.717, 1.165) is 0 Å². The highest BCUT2D eigenvalue weighted by Gasteiger charge is 2.56. The summed E-state index contributed by atoms with van der Waals surface area (Å²) in [6, 6.07) is 0. The Bertz CT molecular complexity index is 497. The third-order valence-corrected chi connectivity index (χ3v) is 3.62. The number of cyclic esters (lactones) is 1. The summed E-state index contributed by atoms with van der Waals surface area (Å²) in [5.74, 6) is -0.388. The van der Waals surface area contributed by atoms with Gasteiger partial charge in [0, 0.05) is 0 Å². The van der Waals surface area contributed by atoms with Crippen molar-refractivity contribution in [2.45, 2.75) is 46.3 Å². The van der Waals surface area contributed by atoms with E-state index in [1.165, 1.54) is 6.92 Å². The van der Waals surface area contributed by atoms with Crippen molar-refractivity contribution in [2.24, 2.45) is 5.41 Å². The molecule has 1 fully saturated rings. The molecule has 1 saturated heterocycles. The molecule has 4 nitrogen and oxygen atoms in total. The predicted octanol–water partition coefficient (Wildman–Crippen LogP) is 2.34. The van der Waals surface area contributed by atoms with Gasteiger partial charge in [-0.3, -0.25) is 9.59 Å². The number of hydrogen-bond donors (Lipinski definition) is 1. The molecule has 0 saturated carbocycles. The molecule has 0 aliphatic carbocycles. The number of carbonyl (C=O) groups excluding carboxylic acids is 2. The standard InChI is InChI=1S/C16H22O4/c1-11(12(2)17)9-7-6-8-10-16(5)13(18)15(3,4)14(19)20-16/h6-10,13,18H,1-5H3/t13-,16+/m1/s1. The van der Waals surface area contributed by atoms with Gasteiger partial charge in [-0.05, 0) is 46.3 Å². The van der Waals surface area contributed by atoms with Gasteiger partial charge in [0.05, 0.1) is 5.41 Å². The third-order valence-electron chi connectivity index (χ3n) is 3.62. The van der Waals surface area contributed by atoms with Crippen LogP contribution in [0.15, 0.2) is 36.0 Å². The molecule has 0 aromatic heterocycles. The van der Waals surface area contributed by atoms with Gasteiger partial charge in [0.25, 0.3) is 0 Å². The normalized spacial score (nSPS) is 30.2. The van der Waals surface area contributed by atoms with Crippen LogP contribution in [0, 0.1) is 5.41 Å². The highest BCUT2D eigenvalue weighted by Crippen LogP contribution is 2.40. The van der Waals surface area contributed by atoms with E-state index in [1.807, 2.05) is 0 Å². The molecule has 110 valence electrons. The Morgan fingerprint density at radius 3 is 2.25 bits per heavy atom. The van der Waals surface area contributed by atoms with Crippen LogP contribution in [-0.4, -0.2) is 28.6 Å². The lowest BCUT2D eigenvalue weighted by molar-refractivity contribution is -0.149. The smallest absolute Gasteiger partial charge is 0.315 e. The van der Waals surface area contributed by atoms with E-state index in [2.05, 4.69) is 0 Å². The summed E-state index contributed by atoms with van der Waals surface area (Å²) in [6.07, 6.45) is 7.60. The van der Waals surface area contributed by atoms with Gasteiger partial charge in [0.2, 0.25) is 0 Å². The molecule has 1 rings (SSSR count). The number of allylic oxidation sites excluding steroid dienone is 5. The van der Waals surface area contributed by atoms with Crippen LogP contribution in [0.1, 0.15) is 34.6 Å². The Hall–Kier alpha value is -1.68. The van der Waals surface area contributed by atoms with E-state index in [-0.39, 0.29) is 5.78 Å². The van der Waals surface area contributed by atoms with Crippen LogP contribution in [0.2, 0.25) is 0 Å². The van der Waals surface area contributed by atoms with E-state index in [1.54, 1.807) is 58.1 Å². The SMILES string of the molecule is CC(=O)C(C)=CC=CC=C[C@]1(C)OC(=O)C(C)(C)[C@H]1O. The number of ether oxygens (including phenoxy) is 1. The Kier molecular flexibility index (Phi) is 4.71. The Morgan fingerprint density at radius 1 is 1.20 bits per heavy atom. The molecule has 1 aliphatic heterocycles. The number of aliphatic hydroxyl groups is 1. The van der Waals surface area contributed by atoms with Gasteiger partial charge >= 0.3 is 5.97 Å². The summed E-state index contributed by atoms with van der Waals surface area (Å²) in [5, 5.41) is 10.2. The van der Waals surface area contributed by atoms with Crippen molar-refractivity contribution in [3.8, 4) is 0 Å². The minimum Gasteiger partial charge on any atom is -0.452 e. The second-order valence-electron chi connectivity index (χ2n) is 5.85. The minimum atomic E-state index is -1.02. The molecule has 4 heteroatoms. The molecule has 0 radical (unpaired) electrons. The molecule has 0 unspecified atom stereocenters. The van der Waals surface area contributed by atoms with Gasteiger partial charge in [-0.25, -0.2) is 0 Å². The van der Waals surface area contributed by atoms with Crippen molar-refractivity contribution in [3.63, 3.8) is 0 Å². The number of carbonyl (C=O) groups is 2. The lowest BCUT2D eigenvalue weighted by Gasteiger charge is -2.25. The Labute approximate surface area is 119 Å². The van der Waals surface area contributed by atoms with Crippen molar-refractivity contribution >= 4 is 11.8 Å². The Morgan fingerprint density at radius 2 is 1.80 bits per heavy atom. The first-order valence-corrected chi connectivity index (χ1v) is 6.56. The second-order valence-corrected chi connectivity index (χ2v) is 5.85. The van der Waals surface area contributed by atoms with Gasteiger partial charge in [0.1, 0.15) is 6.10 Å². The lowest BCUT2D eigenvalue weighted by atomic mass is 9.81. The van der Waals surface area contributed by atoms with E-state index in [0.29, 0.717) is 5.57 Å². The zero-order valence-electron chi connectivity index (χ0n) is 12.6. The molecule has 0 bridgehead atoms. The van der Waals surface area contributed by atoms with Crippen molar-refractivity contribution in [2.75, 3.05) is 0 Å². The minimum absolute atomic E-state index is 0.0208. The molecule has 20 heavy (non-hydrogen) atoms.